The molecule has 0 saturated carbocycles. The fraction of sp³-hybridized carbons (Fsp3) is 0.200. The molecular weight excluding hydrogens is 525 g/mol. The largest absolute Gasteiger partial charge is 0.490 e. The molecule has 0 spiro atoms. The topological polar surface area (TPSA) is 114 Å². The van der Waals surface area contributed by atoms with Crippen molar-refractivity contribution in [2.75, 3.05) is 18.5 Å². The van der Waals surface area contributed by atoms with Gasteiger partial charge in [0.15, 0.2) is 11.5 Å². The summed E-state index contributed by atoms with van der Waals surface area (Å²) in [6.45, 7) is 4.59. The standard InChI is InChI=1S/C20H17ClIN3O5/c1-3-29-18-9-12(8-16(22)19(18)30-4-2)7-13(11-23)20(26)24-17-6-5-14(25(27)28)10-15(17)21/h5-10H,3-4H2,1-2H3,(H,24,26). The first-order valence-electron chi connectivity index (χ1n) is 8.76. The molecule has 1 N–H and O–H groups in total. The van der Waals surface area contributed by atoms with Crippen molar-refractivity contribution in [1.82, 2.24) is 0 Å². The highest BCUT2D eigenvalue weighted by molar-refractivity contribution is 14.1. The van der Waals surface area contributed by atoms with Crippen LogP contribution in [0.25, 0.3) is 6.08 Å². The summed E-state index contributed by atoms with van der Waals surface area (Å²) >= 11 is 8.09. The van der Waals surface area contributed by atoms with Crippen LogP contribution < -0.4 is 14.8 Å². The second-order valence-corrected chi connectivity index (χ2v) is 7.31. The number of anilines is 1. The molecule has 2 rings (SSSR count). The lowest BCUT2D eigenvalue weighted by atomic mass is 10.1. The zero-order valence-electron chi connectivity index (χ0n) is 16.1. The van der Waals surface area contributed by atoms with E-state index in [4.69, 9.17) is 21.1 Å². The van der Waals surface area contributed by atoms with Crippen molar-refractivity contribution in [3.8, 4) is 17.6 Å². The Kier molecular flexibility index (Phi) is 8.44. The third kappa shape index (κ3) is 5.84. The quantitative estimate of drug-likeness (QED) is 0.162. The second-order valence-electron chi connectivity index (χ2n) is 5.74. The van der Waals surface area contributed by atoms with Crippen LogP contribution in [0, 0.1) is 25.0 Å². The maximum Gasteiger partial charge on any atom is 0.271 e. The van der Waals surface area contributed by atoms with Crippen molar-refractivity contribution in [2.24, 2.45) is 0 Å². The van der Waals surface area contributed by atoms with Gasteiger partial charge in [-0.1, -0.05) is 11.6 Å². The monoisotopic (exact) mass is 541 g/mol. The maximum absolute atomic E-state index is 12.5. The normalized spacial score (nSPS) is 10.8. The molecule has 156 valence electrons. The second kappa shape index (κ2) is 10.8. The van der Waals surface area contributed by atoms with Gasteiger partial charge in [-0.05, 0) is 66.3 Å². The minimum absolute atomic E-state index is 0.0101. The number of nitro groups is 1. The number of ether oxygens (including phenoxy) is 2. The van der Waals surface area contributed by atoms with E-state index in [1.165, 1.54) is 18.2 Å². The first-order valence-corrected chi connectivity index (χ1v) is 10.2. The molecular formula is C20H17ClIN3O5. The Morgan fingerprint density at radius 2 is 2.00 bits per heavy atom. The average molecular weight is 542 g/mol. The molecule has 2 aromatic carbocycles. The van der Waals surface area contributed by atoms with Gasteiger partial charge in [0.05, 0.1) is 32.4 Å². The summed E-state index contributed by atoms with van der Waals surface area (Å²) in [6, 6.07) is 8.93. The highest BCUT2D eigenvalue weighted by Crippen LogP contribution is 2.35. The number of hydrogen-bond acceptors (Lipinski definition) is 6. The van der Waals surface area contributed by atoms with Crippen LogP contribution in [0.4, 0.5) is 11.4 Å². The third-order valence-corrected chi connectivity index (χ3v) is 4.82. The SMILES string of the molecule is CCOc1cc(C=C(C#N)C(=O)Nc2ccc([N+](=O)[O-])cc2Cl)cc(I)c1OCC. The van der Waals surface area contributed by atoms with Crippen LogP contribution in [-0.4, -0.2) is 24.0 Å². The van der Waals surface area contributed by atoms with Crippen LogP contribution in [0.15, 0.2) is 35.9 Å². The molecule has 0 radical (unpaired) electrons. The zero-order chi connectivity index (χ0) is 22.3. The maximum atomic E-state index is 12.5. The van der Waals surface area contributed by atoms with Crippen molar-refractivity contribution >= 4 is 57.5 Å². The molecule has 30 heavy (non-hydrogen) atoms. The summed E-state index contributed by atoms with van der Waals surface area (Å²) in [5, 5.41) is 22.7. The van der Waals surface area contributed by atoms with Gasteiger partial charge in [0.2, 0.25) is 0 Å². The van der Waals surface area contributed by atoms with Gasteiger partial charge in [0.1, 0.15) is 11.6 Å². The van der Waals surface area contributed by atoms with Crippen LogP contribution >= 0.6 is 34.2 Å². The van der Waals surface area contributed by atoms with E-state index in [0.29, 0.717) is 30.3 Å². The number of nitrogens with zero attached hydrogens (tertiary/aromatic N) is 2. The number of non-ortho nitro benzene ring substituents is 1. The van der Waals surface area contributed by atoms with Gasteiger partial charge in [-0.2, -0.15) is 5.26 Å². The molecule has 8 nitrogen and oxygen atoms in total. The van der Waals surface area contributed by atoms with Gasteiger partial charge in [-0.25, -0.2) is 0 Å². The summed E-state index contributed by atoms with van der Waals surface area (Å²) in [5.74, 6) is 0.404. The fourth-order valence-corrected chi connectivity index (χ4v) is 3.45. The number of benzene rings is 2. The van der Waals surface area contributed by atoms with E-state index in [9.17, 15) is 20.2 Å². The number of nitriles is 1. The number of amides is 1. The van der Waals surface area contributed by atoms with E-state index in [2.05, 4.69) is 27.9 Å². The number of nitro benzene ring substituents is 1. The first kappa shape index (κ1) is 23.4. The van der Waals surface area contributed by atoms with Crippen molar-refractivity contribution in [1.29, 1.82) is 5.26 Å². The van der Waals surface area contributed by atoms with Gasteiger partial charge in [-0.3, -0.25) is 14.9 Å². The third-order valence-electron chi connectivity index (χ3n) is 3.71. The summed E-state index contributed by atoms with van der Waals surface area (Å²) in [5.41, 5.74) is 0.353. The number of carbonyl (C=O) groups is 1. The van der Waals surface area contributed by atoms with Crippen LogP contribution in [0.1, 0.15) is 19.4 Å². The molecule has 0 heterocycles. The molecule has 0 aliphatic rings. The Labute approximate surface area is 191 Å². The Bertz CT molecular complexity index is 1050. The van der Waals surface area contributed by atoms with Gasteiger partial charge in [0, 0.05) is 12.1 Å². The number of hydrogen-bond donors (Lipinski definition) is 1. The molecule has 1 amide bonds. The van der Waals surface area contributed by atoms with E-state index >= 15 is 0 Å². The predicted molar refractivity (Wildman–Crippen MR) is 122 cm³/mol. The Morgan fingerprint density at radius 1 is 1.30 bits per heavy atom. The molecule has 0 aromatic heterocycles. The van der Waals surface area contributed by atoms with Crippen LogP contribution in [0.2, 0.25) is 5.02 Å². The number of carbonyl (C=O) groups excluding carboxylic acids is 1. The number of halogens is 2. The van der Waals surface area contributed by atoms with E-state index in [0.717, 1.165) is 9.64 Å². The van der Waals surface area contributed by atoms with E-state index < -0.39 is 10.8 Å². The van der Waals surface area contributed by atoms with Gasteiger partial charge < -0.3 is 14.8 Å². The van der Waals surface area contributed by atoms with E-state index in [-0.39, 0.29) is 22.0 Å². The predicted octanol–water partition coefficient (Wildman–Crippen LogP) is 5.20. The lowest BCUT2D eigenvalue weighted by Gasteiger charge is -2.13. The lowest BCUT2D eigenvalue weighted by molar-refractivity contribution is -0.384. The lowest BCUT2D eigenvalue weighted by Crippen LogP contribution is -2.14. The smallest absolute Gasteiger partial charge is 0.271 e. The molecule has 0 unspecified atom stereocenters. The molecule has 0 saturated heterocycles. The minimum Gasteiger partial charge on any atom is -0.490 e. The van der Waals surface area contributed by atoms with Crippen molar-refractivity contribution < 1.29 is 19.2 Å². The Balaban J connectivity index is 2.34. The summed E-state index contributed by atoms with van der Waals surface area (Å²) in [6.07, 6.45) is 1.41. The van der Waals surface area contributed by atoms with Crippen molar-refractivity contribution in [2.45, 2.75) is 13.8 Å². The summed E-state index contributed by atoms with van der Waals surface area (Å²) < 4.78 is 12.0. The molecule has 0 bridgehead atoms. The molecule has 2 aromatic rings. The summed E-state index contributed by atoms with van der Waals surface area (Å²) in [7, 11) is 0. The molecule has 0 atom stereocenters. The number of nitrogens with one attached hydrogen (secondary N) is 1. The summed E-state index contributed by atoms with van der Waals surface area (Å²) in [4.78, 5) is 22.7. The van der Waals surface area contributed by atoms with Gasteiger partial charge in [-0.15, -0.1) is 0 Å². The highest BCUT2D eigenvalue weighted by atomic mass is 127. The Hall–Kier alpha value is -2.84. The molecule has 0 aliphatic carbocycles. The average Bonchev–Trinajstić information content (AvgIpc) is 2.70. The van der Waals surface area contributed by atoms with Crippen LogP contribution in [-0.2, 0) is 4.79 Å². The van der Waals surface area contributed by atoms with Crippen LogP contribution in [0.3, 0.4) is 0 Å². The van der Waals surface area contributed by atoms with E-state index in [1.807, 2.05) is 19.9 Å². The molecule has 10 heteroatoms. The first-order chi connectivity index (χ1) is 14.3. The zero-order valence-corrected chi connectivity index (χ0v) is 19.0. The van der Waals surface area contributed by atoms with Gasteiger partial charge in [0.25, 0.3) is 11.6 Å². The van der Waals surface area contributed by atoms with Gasteiger partial charge >= 0.3 is 0 Å². The minimum atomic E-state index is -0.699. The fourth-order valence-electron chi connectivity index (χ4n) is 2.44. The molecule has 0 aliphatic heterocycles. The van der Waals surface area contributed by atoms with Crippen LogP contribution in [0.5, 0.6) is 11.5 Å². The van der Waals surface area contributed by atoms with Crippen molar-refractivity contribution in [3.63, 3.8) is 0 Å². The number of rotatable bonds is 8. The Morgan fingerprint density at radius 3 is 2.57 bits per heavy atom. The van der Waals surface area contributed by atoms with Crippen molar-refractivity contribution in [3.05, 3.63) is 60.2 Å². The van der Waals surface area contributed by atoms with E-state index in [1.54, 1.807) is 12.1 Å². The molecule has 0 fully saturated rings. The highest BCUT2D eigenvalue weighted by Gasteiger charge is 2.16.